The minimum absolute atomic E-state index is 0.109. The largest absolute Gasteiger partial charge is 0.497 e. The van der Waals surface area contributed by atoms with Crippen LogP contribution in [0.3, 0.4) is 0 Å². The van der Waals surface area contributed by atoms with Crippen LogP contribution in [0.5, 0.6) is 11.5 Å². The highest BCUT2D eigenvalue weighted by atomic mass is 16.5. The molecule has 1 aliphatic heterocycles. The van der Waals surface area contributed by atoms with Crippen molar-refractivity contribution in [1.29, 1.82) is 0 Å². The molecule has 1 aliphatic rings. The summed E-state index contributed by atoms with van der Waals surface area (Å²) in [4.78, 5) is 25.5. The Labute approximate surface area is 180 Å². The molecule has 0 spiro atoms. The normalized spacial score (nSPS) is 15.3. The van der Waals surface area contributed by atoms with E-state index in [0.717, 1.165) is 46.7 Å². The Hall–Kier alpha value is -3.32. The summed E-state index contributed by atoms with van der Waals surface area (Å²) in [6, 6.07) is 10.1. The number of carbonyl (C=O) groups excluding carboxylic acids is 1. The number of hydrogen-bond acceptors (Lipinski definition) is 6. The number of aryl methyl sites for hydroxylation is 2. The summed E-state index contributed by atoms with van der Waals surface area (Å²) in [6.07, 6.45) is -0.109. The van der Waals surface area contributed by atoms with Gasteiger partial charge in [-0.25, -0.2) is 4.79 Å². The highest BCUT2D eigenvalue weighted by molar-refractivity contribution is 5.88. The Morgan fingerprint density at radius 3 is 2.55 bits per heavy atom. The van der Waals surface area contributed by atoms with Crippen LogP contribution in [0.25, 0.3) is 11.0 Å². The molecule has 3 aromatic rings. The van der Waals surface area contributed by atoms with E-state index in [0.29, 0.717) is 17.9 Å². The minimum Gasteiger partial charge on any atom is -0.497 e. The van der Waals surface area contributed by atoms with Crippen LogP contribution in [0.1, 0.15) is 27.8 Å². The van der Waals surface area contributed by atoms with Gasteiger partial charge in [0.05, 0.1) is 26.2 Å². The molecule has 4 rings (SSSR count). The summed E-state index contributed by atoms with van der Waals surface area (Å²) in [5.41, 5.74) is 4.13. The van der Waals surface area contributed by atoms with E-state index in [1.165, 1.54) is 17.6 Å². The van der Waals surface area contributed by atoms with Gasteiger partial charge in [-0.15, -0.1) is 0 Å². The molecule has 2 heterocycles. The maximum atomic E-state index is 12.5. The quantitative estimate of drug-likeness (QED) is 0.499. The van der Waals surface area contributed by atoms with Gasteiger partial charge in [-0.05, 0) is 49.7 Å². The van der Waals surface area contributed by atoms with Crippen LogP contribution in [0, 0.1) is 13.8 Å². The zero-order chi connectivity index (χ0) is 22.1. The van der Waals surface area contributed by atoms with E-state index in [9.17, 15) is 9.59 Å². The number of ether oxygens (including phenoxy) is 3. The molecule has 1 unspecified atom stereocenters. The van der Waals surface area contributed by atoms with Crippen molar-refractivity contribution in [3.8, 4) is 11.5 Å². The molecule has 0 aliphatic carbocycles. The second kappa shape index (κ2) is 8.43. The fraction of sp³-hybridized carbons (Fsp3) is 0.333. The molecule has 0 radical (unpaired) electrons. The van der Waals surface area contributed by atoms with Crippen LogP contribution < -0.4 is 20.0 Å². The molecule has 7 nitrogen and oxygen atoms in total. The van der Waals surface area contributed by atoms with E-state index in [-0.39, 0.29) is 6.42 Å². The van der Waals surface area contributed by atoms with E-state index in [1.54, 1.807) is 7.11 Å². The molecule has 7 heteroatoms. The van der Waals surface area contributed by atoms with Crippen molar-refractivity contribution in [2.75, 3.05) is 21.0 Å². The summed E-state index contributed by atoms with van der Waals surface area (Å²) in [6.45, 7) is 5.86. The van der Waals surface area contributed by atoms with Crippen molar-refractivity contribution in [2.45, 2.75) is 33.4 Å². The number of esters is 1. The third-order valence-electron chi connectivity index (χ3n) is 5.86. The lowest BCUT2D eigenvalue weighted by Gasteiger charge is -2.28. The average molecular weight is 424 g/mol. The first-order valence-corrected chi connectivity index (χ1v) is 10.2. The Morgan fingerprint density at radius 1 is 1.13 bits per heavy atom. The zero-order valence-corrected chi connectivity index (χ0v) is 18.2. The number of nitrogens with one attached hydrogen (secondary N) is 1. The number of quaternary nitrogens is 1. The van der Waals surface area contributed by atoms with Gasteiger partial charge in [0.25, 0.3) is 0 Å². The third kappa shape index (κ3) is 4.01. The monoisotopic (exact) mass is 424 g/mol. The molecule has 2 aromatic carbocycles. The number of rotatable bonds is 5. The molecule has 31 heavy (non-hydrogen) atoms. The van der Waals surface area contributed by atoms with Gasteiger partial charge in [-0.1, -0.05) is 0 Å². The Morgan fingerprint density at radius 2 is 1.87 bits per heavy atom. The first kappa shape index (κ1) is 20.9. The summed E-state index contributed by atoms with van der Waals surface area (Å²) < 4.78 is 21.6. The van der Waals surface area contributed by atoms with E-state index in [2.05, 4.69) is 12.1 Å². The van der Waals surface area contributed by atoms with Crippen molar-refractivity contribution in [2.24, 2.45) is 0 Å². The Balaban J connectivity index is 1.68. The van der Waals surface area contributed by atoms with Gasteiger partial charge < -0.3 is 18.6 Å². The molecular formula is C24H26NO6+. The molecule has 1 atom stereocenters. The molecule has 1 N–H and O–H groups in total. The zero-order valence-electron chi connectivity index (χ0n) is 18.2. The van der Waals surface area contributed by atoms with Gasteiger partial charge >= 0.3 is 11.6 Å². The fourth-order valence-electron chi connectivity index (χ4n) is 4.13. The Bertz CT molecular complexity index is 1200. The molecule has 0 bridgehead atoms. The summed E-state index contributed by atoms with van der Waals surface area (Å²) in [5, 5.41) is 0.823. The number of benzene rings is 2. The second-order valence-corrected chi connectivity index (χ2v) is 7.85. The van der Waals surface area contributed by atoms with Gasteiger partial charge in [-0.2, -0.15) is 0 Å². The van der Waals surface area contributed by atoms with Crippen LogP contribution in [0.2, 0.25) is 0 Å². The number of carbonyl (C=O) groups is 1. The van der Waals surface area contributed by atoms with Crippen LogP contribution in [-0.4, -0.2) is 26.9 Å². The Kier molecular flexibility index (Phi) is 5.69. The third-order valence-corrected chi connectivity index (χ3v) is 5.86. The van der Waals surface area contributed by atoms with Crippen LogP contribution in [-0.2, 0) is 29.0 Å². The van der Waals surface area contributed by atoms with Crippen molar-refractivity contribution in [1.82, 2.24) is 0 Å². The van der Waals surface area contributed by atoms with E-state index in [4.69, 9.17) is 18.6 Å². The number of hydrogen-bond donors (Lipinski definition) is 1. The van der Waals surface area contributed by atoms with Crippen LogP contribution in [0.15, 0.2) is 39.5 Å². The van der Waals surface area contributed by atoms with E-state index >= 15 is 0 Å². The van der Waals surface area contributed by atoms with E-state index in [1.807, 2.05) is 32.0 Å². The van der Waals surface area contributed by atoms with Crippen LogP contribution >= 0.6 is 0 Å². The molecule has 0 amide bonds. The maximum absolute atomic E-state index is 12.5. The summed E-state index contributed by atoms with van der Waals surface area (Å²) in [5.74, 6) is 1.14. The number of methoxy groups -OCH3 is 2. The predicted molar refractivity (Wildman–Crippen MR) is 115 cm³/mol. The van der Waals surface area contributed by atoms with Gasteiger partial charge in [0, 0.05) is 22.1 Å². The highest BCUT2D eigenvalue weighted by Gasteiger charge is 2.26. The molecule has 162 valence electrons. The van der Waals surface area contributed by atoms with Gasteiger partial charge in [0.15, 0.2) is 0 Å². The molecule has 0 saturated heterocycles. The highest BCUT2D eigenvalue weighted by Crippen LogP contribution is 2.34. The van der Waals surface area contributed by atoms with Gasteiger partial charge in [0.1, 0.15) is 30.2 Å². The number of fused-ring (bicyclic) bond motifs is 2. The van der Waals surface area contributed by atoms with E-state index < -0.39 is 11.6 Å². The lowest BCUT2D eigenvalue weighted by atomic mass is 9.97. The smallest absolute Gasteiger partial charge is 0.340 e. The first-order chi connectivity index (χ1) is 14.9. The van der Waals surface area contributed by atoms with Gasteiger partial charge in [0.2, 0.25) is 6.73 Å². The second-order valence-electron chi connectivity index (χ2n) is 7.85. The molecule has 0 saturated carbocycles. The standard InChI is InChI=1S/C24H25NO6/c1-14-19-9-17-12-25(11-16-5-7-18(28-3)8-6-16)13-30-22(17)15(2)23(19)31-24(27)20(14)10-21(26)29-4/h5-9H,10-13H2,1-4H3/p+1. The topological polar surface area (TPSA) is 79.4 Å². The van der Waals surface area contributed by atoms with Gasteiger partial charge in [-0.3, -0.25) is 9.69 Å². The summed E-state index contributed by atoms with van der Waals surface area (Å²) in [7, 11) is 2.96. The summed E-state index contributed by atoms with van der Waals surface area (Å²) >= 11 is 0. The molecule has 0 fully saturated rings. The lowest BCUT2D eigenvalue weighted by Crippen LogP contribution is -3.10. The average Bonchev–Trinajstić information content (AvgIpc) is 2.78. The predicted octanol–water partition coefficient (Wildman–Crippen LogP) is 2.07. The van der Waals surface area contributed by atoms with Crippen molar-refractivity contribution < 1.29 is 28.3 Å². The molecular weight excluding hydrogens is 398 g/mol. The molecule has 1 aromatic heterocycles. The fourth-order valence-corrected chi connectivity index (χ4v) is 4.13. The first-order valence-electron chi connectivity index (χ1n) is 10.2. The van der Waals surface area contributed by atoms with Crippen LogP contribution in [0.4, 0.5) is 0 Å². The SMILES string of the molecule is COC(=O)Cc1c(C)c2cc3c(c(C)c2oc1=O)OC[NH+](Cc1ccc(OC)cc1)C3. The lowest BCUT2D eigenvalue weighted by molar-refractivity contribution is -0.945. The maximum Gasteiger partial charge on any atom is 0.340 e. The minimum atomic E-state index is -0.513. The van der Waals surface area contributed by atoms with Crippen molar-refractivity contribution >= 4 is 16.9 Å². The van der Waals surface area contributed by atoms with Crippen molar-refractivity contribution in [3.63, 3.8) is 0 Å². The van der Waals surface area contributed by atoms with Crippen molar-refractivity contribution in [3.05, 3.63) is 68.6 Å².